The van der Waals surface area contributed by atoms with E-state index in [9.17, 15) is 4.79 Å². The maximum atomic E-state index is 12.8. The molecular formula is C20H19ClN2O3. The van der Waals surface area contributed by atoms with E-state index in [4.69, 9.17) is 21.1 Å². The molecule has 2 aliphatic rings. The second kappa shape index (κ2) is 7.40. The molecule has 2 aliphatic heterocycles. The second-order valence-electron chi connectivity index (χ2n) is 6.21. The summed E-state index contributed by atoms with van der Waals surface area (Å²) >= 11 is 6.16. The van der Waals surface area contributed by atoms with Crippen molar-refractivity contribution in [1.29, 1.82) is 0 Å². The third kappa shape index (κ3) is 3.54. The van der Waals surface area contributed by atoms with Gasteiger partial charge in [0.15, 0.2) is 0 Å². The zero-order chi connectivity index (χ0) is 17.9. The molecule has 1 amide bonds. The van der Waals surface area contributed by atoms with E-state index in [1.54, 1.807) is 6.07 Å². The molecular weight excluding hydrogens is 352 g/mol. The lowest BCUT2D eigenvalue weighted by atomic mass is 10.1. The van der Waals surface area contributed by atoms with Crippen molar-refractivity contribution in [3.05, 3.63) is 58.6 Å². The molecule has 0 radical (unpaired) electrons. The van der Waals surface area contributed by atoms with E-state index in [0.29, 0.717) is 29.5 Å². The summed E-state index contributed by atoms with van der Waals surface area (Å²) < 4.78 is 11.1. The minimum atomic E-state index is -0.184. The molecule has 6 heteroatoms. The third-order valence-corrected chi connectivity index (χ3v) is 4.72. The number of halogens is 1. The van der Waals surface area contributed by atoms with Gasteiger partial charge in [-0.05, 0) is 30.3 Å². The molecule has 1 fully saturated rings. The summed E-state index contributed by atoms with van der Waals surface area (Å²) in [5.41, 5.74) is 3.13. The third-order valence-electron chi connectivity index (χ3n) is 4.48. The molecule has 2 aromatic carbocycles. The number of carbonyl (C=O) groups is 1. The minimum absolute atomic E-state index is 0.184. The number of rotatable bonds is 3. The smallest absolute Gasteiger partial charge is 0.255 e. The number of para-hydroxylation sites is 1. The molecule has 0 aliphatic carbocycles. The summed E-state index contributed by atoms with van der Waals surface area (Å²) in [6.45, 7) is 3.15. The van der Waals surface area contributed by atoms with E-state index in [1.807, 2.05) is 42.5 Å². The van der Waals surface area contributed by atoms with Gasteiger partial charge in [-0.15, -0.1) is 0 Å². The highest BCUT2D eigenvalue weighted by atomic mass is 35.5. The Morgan fingerprint density at radius 3 is 2.77 bits per heavy atom. The molecule has 26 heavy (non-hydrogen) atoms. The summed E-state index contributed by atoms with van der Waals surface area (Å²) in [5.74, 6) is 0.608. The lowest BCUT2D eigenvalue weighted by Crippen LogP contribution is -2.36. The number of hydrogen-bond donors (Lipinski definition) is 1. The monoisotopic (exact) mass is 370 g/mol. The predicted octanol–water partition coefficient (Wildman–Crippen LogP) is 3.59. The largest absolute Gasteiger partial charge is 0.488 e. The van der Waals surface area contributed by atoms with Crippen LogP contribution in [0.1, 0.15) is 5.56 Å². The molecule has 2 aromatic rings. The number of carbonyl (C=O) groups excluding carboxylic acids is 1. The van der Waals surface area contributed by atoms with Crippen LogP contribution in [0.15, 0.2) is 48.0 Å². The van der Waals surface area contributed by atoms with Crippen LogP contribution < -0.4 is 15.0 Å². The van der Waals surface area contributed by atoms with Crippen LogP contribution in [0, 0.1) is 0 Å². The Bertz CT molecular complexity index is 860. The lowest BCUT2D eigenvalue weighted by Gasteiger charge is -2.30. The number of ether oxygens (including phenoxy) is 2. The van der Waals surface area contributed by atoms with Gasteiger partial charge in [0.05, 0.1) is 30.2 Å². The van der Waals surface area contributed by atoms with Gasteiger partial charge in [0.2, 0.25) is 0 Å². The standard InChI is InChI=1S/C20H19ClN2O3/c21-16-5-6-18(23-7-9-25-10-8-23)17(12-16)22-20(24)15-11-14-3-1-2-4-19(14)26-13-15/h1-6,11-12H,7-10,13H2,(H,22,24). The number of nitrogens with one attached hydrogen (secondary N) is 1. The van der Waals surface area contributed by atoms with Gasteiger partial charge >= 0.3 is 0 Å². The van der Waals surface area contributed by atoms with Crippen LogP contribution in [-0.2, 0) is 9.53 Å². The average molecular weight is 371 g/mol. The molecule has 1 saturated heterocycles. The van der Waals surface area contributed by atoms with Crippen molar-refractivity contribution in [2.24, 2.45) is 0 Å². The molecule has 134 valence electrons. The first kappa shape index (κ1) is 16.9. The zero-order valence-electron chi connectivity index (χ0n) is 14.2. The maximum Gasteiger partial charge on any atom is 0.255 e. The van der Waals surface area contributed by atoms with Crippen molar-refractivity contribution in [2.75, 3.05) is 43.1 Å². The SMILES string of the molecule is O=C(Nc1cc(Cl)ccc1N1CCOCC1)C1=Cc2ccccc2OC1. The first-order chi connectivity index (χ1) is 12.7. The highest BCUT2D eigenvalue weighted by Crippen LogP contribution is 2.31. The first-order valence-corrected chi connectivity index (χ1v) is 8.94. The van der Waals surface area contributed by atoms with Crippen LogP contribution in [-0.4, -0.2) is 38.8 Å². The highest BCUT2D eigenvalue weighted by molar-refractivity contribution is 6.31. The topological polar surface area (TPSA) is 50.8 Å². The van der Waals surface area contributed by atoms with E-state index in [1.165, 1.54) is 0 Å². The molecule has 0 atom stereocenters. The van der Waals surface area contributed by atoms with Crippen molar-refractivity contribution in [1.82, 2.24) is 0 Å². The number of fused-ring (bicyclic) bond motifs is 1. The number of anilines is 2. The van der Waals surface area contributed by atoms with Crippen LogP contribution in [0.3, 0.4) is 0 Å². The van der Waals surface area contributed by atoms with Crippen molar-refractivity contribution in [3.8, 4) is 5.75 Å². The minimum Gasteiger partial charge on any atom is -0.488 e. The molecule has 5 nitrogen and oxygen atoms in total. The Labute approximate surface area is 157 Å². The zero-order valence-corrected chi connectivity index (χ0v) is 15.0. The molecule has 0 unspecified atom stereocenters. The fraction of sp³-hybridized carbons (Fsp3) is 0.250. The Morgan fingerprint density at radius 1 is 1.12 bits per heavy atom. The van der Waals surface area contributed by atoms with Gasteiger partial charge in [-0.1, -0.05) is 29.8 Å². The fourth-order valence-electron chi connectivity index (χ4n) is 3.14. The van der Waals surface area contributed by atoms with Crippen LogP contribution >= 0.6 is 11.6 Å². The number of amides is 1. The molecule has 0 aromatic heterocycles. The average Bonchev–Trinajstić information content (AvgIpc) is 2.68. The van der Waals surface area contributed by atoms with Crippen LogP contribution in [0.5, 0.6) is 5.75 Å². The second-order valence-corrected chi connectivity index (χ2v) is 6.65. The molecule has 0 bridgehead atoms. The van der Waals surface area contributed by atoms with Gasteiger partial charge in [0.1, 0.15) is 12.4 Å². The van der Waals surface area contributed by atoms with Crippen molar-refractivity contribution < 1.29 is 14.3 Å². The fourth-order valence-corrected chi connectivity index (χ4v) is 3.31. The molecule has 0 spiro atoms. The van der Waals surface area contributed by atoms with Gasteiger partial charge in [0.25, 0.3) is 5.91 Å². The Balaban J connectivity index is 1.58. The van der Waals surface area contributed by atoms with Gasteiger partial charge in [-0.3, -0.25) is 4.79 Å². The van der Waals surface area contributed by atoms with E-state index in [-0.39, 0.29) is 12.5 Å². The van der Waals surface area contributed by atoms with E-state index < -0.39 is 0 Å². The summed E-state index contributed by atoms with van der Waals surface area (Å²) in [5, 5.41) is 3.58. The van der Waals surface area contributed by atoms with Crippen LogP contribution in [0.4, 0.5) is 11.4 Å². The van der Waals surface area contributed by atoms with Gasteiger partial charge in [-0.25, -0.2) is 0 Å². The van der Waals surface area contributed by atoms with Gasteiger partial charge < -0.3 is 19.7 Å². The van der Waals surface area contributed by atoms with Gasteiger partial charge in [-0.2, -0.15) is 0 Å². The summed E-state index contributed by atoms with van der Waals surface area (Å²) in [6.07, 6.45) is 1.87. The molecule has 0 saturated carbocycles. The number of hydrogen-bond acceptors (Lipinski definition) is 4. The molecule has 2 heterocycles. The Morgan fingerprint density at radius 2 is 1.92 bits per heavy atom. The van der Waals surface area contributed by atoms with Crippen LogP contribution in [0.2, 0.25) is 5.02 Å². The Hall–Kier alpha value is -2.50. The van der Waals surface area contributed by atoms with E-state index in [2.05, 4.69) is 10.2 Å². The number of morpholine rings is 1. The van der Waals surface area contributed by atoms with E-state index >= 15 is 0 Å². The van der Waals surface area contributed by atoms with Crippen molar-refractivity contribution in [3.63, 3.8) is 0 Å². The summed E-state index contributed by atoms with van der Waals surface area (Å²) in [7, 11) is 0. The first-order valence-electron chi connectivity index (χ1n) is 8.57. The normalized spacial score (nSPS) is 16.3. The number of benzene rings is 2. The van der Waals surface area contributed by atoms with Crippen molar-refractivity contribution in [2.45, 2.75) is 0 Å². The maximum absolute atomic E-state index is 12.8. The van der Waals surface area contributed by atoms with Crippen LogP contribution in [0.25, 0.3) is 6.08 Å². The quantitative estimate of drug-likeness (QED) is 0.897. The molecule has 1 N–H and O–H groups in total. The lowest BCUT2D eigenvalue weighted by molar-refractivity contribution is -0.113. The highest BCUT2D eigenvalue weighted by Gasteiger charge is 2.20. The summed E-state index contributed by atoms with van der Waals surface area (Å²) in [6, 6.07) is 13.2. The van der Waals surface area contributed by atoms with E-state index in [0.717, 1.165) is 30.1 Å². The van der Waals surface area contributed by atoms with Crippen molar-refractivity contribution >= 4 is 35.0 Å². The Kier molecular flexibility index (Phi) is 4.82. The summed E-state index contributed by atoms with van der Waals surface area (Å²) in [4.78, 5) is 15.0. The number of nitrogens with zero attached hydrogens (tertiary/aromatic N) is 1. The predicted molar refractivity (Wildman–Crippen MR) is 103 cm³/mol. The van der Waals surface area contributed by atoms with Gasteiger partial charge in [0, 0.05) is 23.7 Å². The molecule has 4 rings (SSSR count).